The molecule has 4 nitrogen and oxygen atoms in total. The molecule has 1 amide bonds. The fourth-order valence-electron chi connectivity index (χ4n) is 3.17. The number of piperidine rings is 1. The predicted molar refractivity (Wildman–Crippen MR) is 73.0 cm³/mol. The number of benzene rings is 1. The van der Waals surface area contributed by atoms with E-state index in [4.69, 9.17) is 10.5 Å². The molecule has 4 heteroatoms. The van der Waals surface area contributed by atoms with Gasteiger partial charge in [0.2, 0.25) is 5.91 Å². The quantitative estimate of drug-likeness (QED) is 0.879. The maximum atomic E-state index is 12.0. The first-order valence-electron chi connectivity index (χ1n) is 7.01. The van der Waals surface area contributed by atoms with Crippen molar-refractivity contribution in [2.75, 3.05) is 13.2 Å². The molecule has 2 atom stereocenters. The first-order valence-corrected chi connectivity index (χ1v) is 7.01. The number of nitrogens with zero attached hydrogens (tertiary/aromatic N) is 1. The van der Waals surface area contributed by atoms with Crippen LogP contribution in [-0.2, 0) is 11.2 Å². The molecule has 1 fully saturated rings. The van der Waals surface area contributed by atoms with Crippen LogP contribution in [-0.4, -0.2) is 30.0 Å². The SMILES string of the molecule is CCN1C(=O)CCC(N)C1c1ccc2c(c1)CCO2. The molecule has 0 spiro atoms. The number of amides is 1. The summed E-state index contributed by atoms with van der Waals surface area (Å²) in [7, 11) is 0. The monoisotopic (exact) mass is 260 g/mol. The highest BCUT2D eigenvalue weighted by Crippen LogP contribution is 2.34. The average Bonchev–Trinajstić information content (AvgIpc) is 2.88. The summed E-state index contributed by atoms with van der Waals surface area (Å²) in [5.74, 6) is 1.19. The lowest BCUT2D eigenvalue weighted by molar-refractivity contribution is -0.137. The highest BCUT2D eigenvalue weighted by molar-refractivity contribution is 5.78. The van der Waals surface area contributed by atoms with Crippen LogP contribution >= 0.6 is 0 Å². The van der Waals surface area contributed by atoms with Crippen molar-refractivity contribution in [2.24, 2.45) is 5.73 Å². The molecule has 19 heavy (non-hydrogen) atoms. The Balaban J connectivity index is 1.96. The number of carbonyl (C=O) groups excluding carboxylic acids is 1. The van der Waals surface area contributed by atoms with Gasteiger partial charge in [0, 0.05) is 25.4 Å². The number of ether oxygens (including phenoxy) is 1. The predicted octanol–water partition coefficient (Wildman–Crippen LogP) is 1.63. The molecule has 102 valence electrons. The van der Waals surface area contributed by atoms with Gasteiger partial charge in [-0.1, -0.05) is 6.07 Å². The molecule has 1 aromatic carbocycles. The molecule has 0 saturated carbocycles. The maximum Gasteiger partial charge on any atom is 0.223 e. The average molecular weight is 260 g/mol. The minimum Gasteiger partial charge on any atom is -0.493 e. The van der Waals surface area contributed by atoms with Crippen molar-refractivity contribution >= 4 is 5.91 Å². The molecule has 2 unspecified atom stereocenters. The normalized spacial score (nSPS) is 26.2. The number of nitrogens with two attached hydrogens (primary N) is 1. The van der Waals surface area contributed by atoms with E-state index < -0.39 is 0 Å². The van der Waals surface area contributed by atoms with Gasteiger partial charge in [-0.05, 0) is 36.6 Å². The Hall–Kier alpha value is -1.55. The second-order valence-corrected chi connectivity index (χ2v) is 5.29. The molecular formula is C15H20N2O2. The second kappa shape index (κ2) is 4.85. The lowest BCUT2D eigenvalue weighted by Crippen LogP contribution is -2.48. The summed E-state index contributed by atoms with van der Waals surface area (Å²) in [6.07, 6.45) is 2.29. The minimum atomic E-state index is 0.0112. The minimum absolute atomic E-state index is 0.0112. The van der Waals surface area contributed by atoms with E-state index in [1.54, 1.807) is 0 Å². The van der Waals surface area contributed by atoms with Crippen molar-refractivity contribution in [3.05, 3.63) is 29.3 Å². The molecule has 2 N–H and O–H groups in total. The topological polar surface area (TPSA) is 55.6 Å². The van der Waals surface area contributed by atoms with Crippen molar-refractivity contribution in [1.82, 2.24) is 4.90 Å². The van der Waals surface area contributed by atoms with Crippen LogP contribution in [0.1, 0.15) is 36.9 Å². The van der Waals surface area contributed by atoms with Gasteiger partial charge in [0.1, 0.15) is 5.75 Å². The summed E-state index contributed by atoms with van der Waals surface area (Å²) in [6.45, 7) is 3.48. The van der Waals surface area contributed by atoms with Crippen LogP contribution < -0.4 is 10.5 Å². The Bertz CT molecular complexity index is 501. The lowest BCUT2D eigenvalue weighted by Gasteiger charge is -2.39. The van der Waals surface area contributed by atoms with E-state index in [0.717, 1.165) is 30.8 Å². The van der Waals surface area contributed by atoms with Crippen LogP contribution in [0.4, 0.5) is 0 Å². The van der Waals surface area contributed by atoms with Crippen LogP contribution in [0.25, 0.3) is 0 Å². The largest absolute Gasteiger partial charge is 0.493 e. The van der Waals surface area contributed by atoms with E-state index in [-0.39, 0.29) is 18.0 Å². The smallest absolute Gasteiger partial charge is 0.223 e. The summed E-state index contributed by atoms with van der Waals surface area (Å²) < 4.78 is 5.53. The Kier molecular flexibility index (Phi) is 3.19. The highest BCUT2D eigenvalue weighted by atomic mass is 16.5. The van der Waals surface area contributed by atoms with Crippen molar-refractivity contribution in [3.8, 4) is 5.75 Å². The molecule has 2 aliphatic rings. The summed E-state index contributed by atoms with van der Waals surface area (Å²) in [5, 5.41) is 0. The maximum absolute atomic E-state index is 12.0. The lowest BCUT2D eigenvalue weighted by atomic mass is 9.89. The molecule has 0 bridgehead atoms. The molecule has 2 aliphatic heterocycles. The van der Waals surface area contributed by atoms with Crippen molar-refractivity contribution in [3.63, 3.8) is 0 Å². The first kappa shape index (κ1) is 12.5. The van der Waals surface area contributed by atoms with Crippen LogP contribution in [0.3, 0.4) is 0 Å². The van der Waals surface area contributed by atoms with Crippen LogP contribution in [0.2, 0.25) is 0 Å². The van der Waals surface area contributed by atoms with Gasteiger partial charge in [0.25, 0.3) is 0 Å². The molecule has 0 aliphatic carbocycles. The molecule has 3 rings (SSSR count). The number of rotatable bonds is 2. The van der Waals surface area contributed by atoms with E-state index in [1.807, 2.05) is 17.9 Å². The number of hydrogen-bond donors (Lipinski definition) is 1. The number of likely N-dealkylation sites (tertiary alicyclic amines) is 1. The zero-order valence-corrected chi connectivity index (χ0v) is 11.3. The Morgan fingerprint density at radius 3 is 3.05 bits per heavy atom. The summed E-state index contributed by atoms with van der Waals surface area (Å²) >= 11 is 0. The number of carbonyl (C=O) groups is 1. The van der Waals surface area contributed by atoms with Gasteiger partial charge >= 0.3 is 0 Å². The Morgan fingerprint density at radius 2 is 2.26 bits per heavy atom. The number of likely N-dealkylation sites (N-methyl/N-ethyl adjacent to an activating group) is 1. The van der Waals surface area contributed by atoms with Crippen LogP contribution in [0.15, 0.2) is 18.2 Å². The van der Waals surface area contributed by atoms with Gasteiger partial charge in [0.15, 0.2) is 0 Å². The summed E-state index contributed by atoms with van der Waals surface area (Å²) in [4.78, 5) is 13.9. The molecule has 0 radical (unpaired) electrons. The number of fused-ring (bicyclic) bond motifs is 1. The first-order chi connectivity index (χ1) is 9.20. The zero-order chi connectivity index (χ0) is 13.4. The van der Waals surface area contributed by atoms with Gasteiger partial charge in [-0.15, -0.1) is 0 Å². The van der Waals surface area contributed by atoms with Gasteiger partial charge in [-0.3, -0.25) is 4.79 Å². The fourth-order valence-corrected chi connectivity index (χ4v) is 3.17. The second-order valence-electron chi connectivity index (χ2n) is 5.29. The van der Waals surface area contributed by atoms with Crippen LogP contribution in [0.5, 0.6) is 5.75 Å². The zero-order valence-electron chi connectivity index (χ0n) is 11.3. The van der Waals surface area contributed by atoms with Crippen LogP contribution in [0, 0.1) is 0 Å². The third-order valence-electron chi connectivity index (χ3n) is 4.15. The van der Waals surface area contributed by atoms with E-state index in [1.165, 1.54) is 5.56 Å². The van der Waals surface area contributed by atoms with E-state index in [0.29, 0.717) is 13.0 Å². The van der Waals surface area contributed by atoms with Gasteiger partial charge < -0.3 is 15.4 Å². The number of hydrogen-bond acceptors (Lipinski definition) is 3. The Labute approximate surface area is 113 Å². The van der Waals surface area contributed by atoms with E-state index in [9.17, 15) is 4.79 Å². The summed E-state index contributed by atoms with van der Waals surface area (Å²) in [6, 6.07) is 6.26. The fraction of sp³-hybridized carbons (Fsp3) is 0.533. The van der Waals surface area contributed by atoms with Crippen molar-refractivity contribution in [2.45, 2.75) is 38.3 Å². The van der Waals surface area contributed by atoms with E-state index in [2.05, 4.69) is 12.1 Å². The standard InChI is InChI=1S/C15H20N2O2/c1-2-17-14(18)6-4-12(16)15(17)11-3-5-13-10(9-11)7-8-19-13/h3,5,9,12,15H,2,4,6-8,16H2,1H3. The van der Waals surface area contributed by atoms with E-state index >= 15 is 0 Å². The molecule has 1 saturated heterocycles. The Morgan fingerprint density at radius 1 is 1.42 bits per heavy atom. The molecule has 2 heterocycles. The third-order valence-corrected chi connectivity index (χ3v) is 4.15. The van der Waals surface area contributed by atoms with Gasteiger partial charge in [0.05, 0.1) is 12.6 Å². The molecular weight excluding hydrogens is 240 g/mol. The third kappa shape index (κ3) is 2.10. The van der Waals surface area contributed by atoms with Gasteiger partial charge in [-0.25, -0.2) is 0 Å². The van der Waals surface area contributed by atoms with Crippen molar-refractivity contribution in [1.29, 1.82) is 0 Å². The molecule has 1 aromatic rings. The van der Waals surface area contributed by atoms with Gasteiger partial charge in [-0.2, -0.15) is 0 Å². The molecule has 0 aromatic heterocycles. The van der Waals surface area contributed by atoms with Crippen molar-refractivity contribution < 1.29 is 9.53 Å². The summed E-state index contributed by atoms with van der Waals surface area (Å²) in [5.41, 5.74) is 8.64. The highest BCUT2D eigenvalue weighted by Gasteiger charge is 2.34.